The number of carbonyl (C=O) groups is 2. The van der Waals surface area contributed by atoms with E-state index in [9.17, 15) is 9.59 Å². The van der Waals surface area contributed by atoms with E-state index in [-0.39, 0.29) is 18.0 Å². The van der Waals surface area contributed by atoms with E-state index in [2.05, 4.69) is 14.7 Å². The van der Waals surface area contributed by atoms with Crippen molar-refractivity contribution in [3.8, 4) is 0 Å². The lowest BCUT2D eigenvalue weighted by molar-refractivity contribution is 0.0523. The average molecular weight is 196 g/mol. The molecule has 1 heterocycles. The molecule has 1 aromatic rings. The van der Waals surface area contributed by atoms with Crippen LogP contribution in [0.4, 0.5) is 0 Å². The first kappa shape index (κ1) is 10.1. The van der Waals surface area contributed by atoms with E-state index in [0.717, 1.165) is 12.4 Å². The van der Waals surface area contributed by atoms with Crippen LogP contribution in [-0.4, -0.2) is 33.6 Å². The van der Waals surface area contributed by atoms with Crippen LogP contribution in [0.25, 0.3) is 0 Å². The van der Waals surface area contributed by atoms with Gasteiger partial charge in [-0.1, -0.05) is 0 Å². The summed E-state index contributed by atoms with van der Waals surface area (Å²) in [7, 11) is 0. The minimum absolute atomic E-state index is 0.136. The summed E-state index contributed by atoms with van der Waals surface area (Å²) in [6.45, 7) is 1.92. The van der Waals surface area contributed by atoms with Crippen molar-refractivity contribution < 1.29 is 19.4 Å². The van der Waals surface area contributed by atoms with Crippen molar-refractivity contribution in [2.75, 3.05) is 6.61 Å². The number of carboxylic acid groups (broad SMARTS) is 1. The van der Waals surface area contributed by atoms with Crippen LogP contribution >= 0.6 is 0 Å². The van der Waals surface area contributed by atoms with Crippen LogP contribution in [0.15, 0.2) is 12.4 Å². The Morgan fingerprint density at radius 3 is 2.43 bits per heavy atom. The minimum atomic E-state index is -1.24. The van der Waals surface area contributed by atoms with Crippen LogP contribution in [0.2, 0.25) is 0 Å². The van der Waals surface area contributed by atoms with Crippen LogP contribution in [0, 0.1) is 0 Å². The largest absolute Gasteiger partial charge is 0.475 e. The van der Waals surface area contributed by atoms with Gasteiger partial charge in [0.25, 0.3) is 0 Å². The Bertz CT molecular complexity index is 347. The van der Waals surface area contributed by atoms with Crippen LogP contribution in [0.5, 0.6) is 0 Å². The molecule has 14 heavy (non-hydrogen) atoms. The van der Waals surface area contributed by atoms with E-state index in [0.29, 0.717) is 0 Å². The maximum absolute atomic E-state index is 11.1. The van der Waals surface area contributed by atoms with E-state index in [1.807, 2.05) is 0 Å². The molecule has 0 aromatic carbocycles. The third kappa shape index (κ3) is 2.25. The second-order valence-electron chi connectivity index (χ2n) is 2.32. The molecule has 0 radical (unpaired) electrons. The van der Waals surface area contributed by atoms with E-state index >= 15 is 0 Å². The maximum atomic E-state index is 11.1. The Labute approximate surface area is 79.6 Å². The van der Waals surface area contributed by atoms with E-state index in [1.165, 1.54) is 0 Å². The molecule has 0 aliphatic heterocycles. The molecule has 1 N–H and O–H groups in total. The lowest BCUT2D eigenvalue weighted by atomic mass is 10.3. The number of carbonyl (C=O) groups excluding carboxylic acids is 1. The van der Waals surface area contributed by atoms with Gasteiger partial charge in [-0.3, -0.25) is 0 Å². The van der Waals surface area contributed by atoms with Crippen molar-refractivity contribution in [3.05, 3.63) is 23.8 Å². The van der Waals surface area contributed by atoms with E-state index < -0.39 is 11.9 Å². The fourth-order valence-corrected chi connectivity index (χ4v) is 0.758. The molecule has 1 rings (SSSR count). The van der Waals surface area contributed by atoms with Crippen molar-refractivity contribution >= 4 is 11.9 Å². The number of nitrogens with zero attached hydrogens (tertiary/aromatic N) is 2. The normalized spacial score (nSPS) is 9.50. The number of hydrogen-bond donors (Lipinski definition) is 1. The Morgan fingerprint density at radius 1 is 1.43 bits per heavy atom. The zero-order valence-electron chi connectivity index (χ0n) is 7.43. The summed E-state index contributed by atoms with van der Waals surface area (Å²) in [6, 6.07) is 0. The van der Waals surface area contributed by atoms with Crippen molar-refractivity contribution in [2.24, 2.45) is 0 Å². The standard InChI is InChI=1S/C8H8N2O4/c1-2-14-8(13)5-3-9-6(7(11)12)10-4-5/h3-4H,2H2,1H3,(H,11,12). The lowest BCUT2D eigenvalue weighted by Crippen LogP contribution is -2.09. The second-order valence-corrected chi connectivity index (χ2v) is 2.32. The van der Waals surface area contributed by atoms with Gasteiger partial charge in [0.1, 0.15) is 0 Å². The predicted octanol–water partition coefficient (Wildman–Crippen LogP) is 0.351. The maximum Gasteiger partial charge on any atom is 0.373 e. The van der Waals surface area contributed by atoms with Gasteiger partial charge in [-0.2, -0.15) is 0 Å². The van der Waals surface area contributed by atoms with Gasteiger partial charge in [0.05, 0.1) is 12.2 Å². The van der Waals surface area contributed by atoms with Gasteiger partial charge in [-0.25, -0.2) is 19.6 Å². The molecule has 0 saturated heterocycles. The van der Waals surface area contributed by atoms with Gasteiger partial charge in [-0.05, 0) is 6.92 Å². The van der Waals surface area contributed by atoms with Crippen LogP contribution in [-0.2, 0) is 4.74 Å². The summed E-state index contributed by atoms with van der Waals surface area (Å²) in [6.07, 6.45) is 2.24. The molecule has 1 aromatic heterocycles. The van der Waals surface area contributed by atoms with Crippen molar-refractivity contribution in [1.82, 2.24) is 9.97 Å². The third-order valence-corrected chi connectivity index (χ3v) is 1.35. The predicted molar refractivity (Wildman–Crippen MR) is 44.9 cm³/mol. The summed E-state index contributed by atoms with van der Waals surface area (Å²) < 4.78 is 4.66. The van der Waals surface area contributed by atoms with Gasteiger partial charge >= 0.3 is 11.9 Å². The zero-order valence-corrected chi connectivity index (χ0v) is 7.43. The highest BCUT2D eigenvalue weighted by Crippen LogP contribution is 1.98. The van der Waals surface area contributed by atoms with Gasteiger partial charge in [-0.15, -0.1) is 0 Å². The fraction of sp³-hybridized carbons (Fsp3) is 0.250. The molecule has 6 nitrogen and oxygen atoms in total. The highest BCUT2D eigenvalue weighted by atomic mass is 16.5. The number of carboxylic acids is 1. The molecule has 0 saturated carbocycles. The van der Waals surface area contributed by atoms with Gasteiger partial charge < -0.3 is 9.84 Å². The van der Waals surface area contributed by atoms with Gasteiger partial charge in [0.15, 0.2) is 0 Å². The Kier molecular flexibility index (Phi) is 3.11. The summed E-state index contributed by atoms with van der Waals surface area (Å²) in [5, 5.41) is 8.48. The van der Waals surface area contributed by atoms with Crippen molar-refractivity contribution in [1.29, 1.82) is 0 Å². The third-order valence-electron chi connectivity index (χ3n) is 1.35. The summed E-state index contributed by atoms with van der Waals surface area (Å²) in [5.41, 5.74) is 0.136. The molecule has 0 amide bonds. The molecule has 74 valence electrons. The fourth-order valence-electron chi connectivity index (χ4n) is 0.758. The molecular formula is C8H8N2O4. The molecule has 0 fully saturated rings. The summed E-state index contributed by atoms with van der Waals surface area (Å²) in [5.74, 6) is -2.15. The van der Waals surface area contributed by atoms with Crippen molar-refractivity contribution in [2.45, 2.75) is 6.92 Å². The Hall–Kier alpha value is -1.98. The highest BCUT2D eigenvalue weighted by molar-refractivity contribution is 5.89. The van der Waals surface area contributed by atoms with Crippen LogP contribution in [0.3, 0.4) is 0 Å². The van der Waals surface area contributed by atoms with Crippen molar-refractivity contribution in [3.63, 3.8) is 0 Å². The zero-order chi connectivity index (χ0) is 10.6. The smallest absolute Gasteiger partial charge is 0.373 e. The van der Waals surface area contributed by atoms with E-state index in [1.54, 1.807) is 6.92 Å². The lowest BCUT2D eigenvalue weighted by Gasteiger charge is -1.99. The molecule has 0 unspecified atom stereocenters. The Morgan fingerprint density at radius 2 is 2.00 bits per heavy atom. The number of ether oxygens (including phenoxy) is 1. The van der Waals surface area contributed by atoms with Gasteiger partial charge in [0, 0.05) is 12.4 Å². The number of aromatic nitrogens is 2. The molecular weight excluding hydrogens is 188 g/mol. The minimum Gasteiger partial charge on any atom is -0.475 e. The molecule has 6 heteroatoms. The summed E-state index contributed by atoms with van der Waals surface area (Å²) in [4.78, 5) is 28.4. The first-order valence-corrected chi connectivity index (χ1v) is 3.87. The molecule has 0 aliphatic carbocycles. The van der Waals surface area contributed by atoms with Crippen LogP contribution < -0.4 is 0 Å². The topological polar surface area (TPSA) is 89.4 Å². The number of hydrogen-bond acceptors (Lipinski definition) is 5. The first-order valence-electron chi connectivity index (χ1n) is 3.87. The number of esters is 1. The van der Waals surface area contributed by atoms with Gasteiger partial charge in [0.2, 0.25) is 5.82 Å². The molecule has 0 aliphatic rings. The SMILES string of the molecule is CCOC(=O)c1cnc(C(=O)O)nc1. The quantitative estimate of drug-likeness (QED) is 0.701. The van der Waals surface area contributed by atoms with E-state index in [4.69, 9.17) is 5.11 Å². The highest BCUT2D eigenvalue weighted by Gasteiger charge is 2.10. The molecule has 0 bridgehead atoms. The number of rotatable bonds is 3. The van der Waals surface area contributed by atoms with Crippen LogP contribution in [0.1, 0.15) is 27.9 Å². The Balaban J connectivity index is 2.83. The first-order chi connectivity index (χ1) is 6.65. The average Bonchev–Trinajstić information content (AvgIpc) is 2.18. The second kappa shape index (κ2) is 4.31. The molecule has 0 atom stereocenters. The molecule has 0 spiro atoms. The number of aromatic carboxylic acids is 1. The monoisotopic (exact) mass is 196 g/mol. The summed E-state index contributed by atoms with van der Waals surface area (Å²) >= 11 is 0.